The van der Waals surface area contributed by atoms with E-state index in [-0.39, 0.29) is 35.8 Å². The van der Waals surface area contributed by atoms with Gasteiger partial charge in [0.2, 0.25) is 35.4 Å². The highest BCUT2D eigenvalue weighted by molar-refractivity contribution is 6.24. The van der Waals surface area contributed by atoms with Gasteiger partial charge in [0.25, 0.3) is 0 Å². The molecule has 11 rings (SSSR count). The van der Waals surface area contributed by atoms with E-state index in [9.17, 15) is 24.3 Å². The van der Waals surface area contributed by atoms with Crippen LogP contribution in [0.2, 0.25) is 0 Å². The molecule has 7 aromatic rings. The molecule has 1 N–H and O–H groups in total. The van der Waals surface area contributed by atoms with Gasteiger partial charge in [-0.3, -0.25) is 29.0 Å². The fraction of sp³-hybridized carbons (Fsp3) is 0.208. The third kappa shape index (κ3) is 5.26. The van der Waals surface area contributed by atoms with Crippen molar-refractivity contribution in [3.63, 3.8) is 0 Å². The van der Waals surface area contributed by atoms with Crippen molar-refractivity contribution < 1.29 is 33.1 Å². The summed E-state index contributed by atoms with van der Waals surface area (Å²) in [7, 11) is 0. The van der Waals surface area contributed by atoms with Crippen molar-refractivity contribution in [2.45, 2.75) is 32.6 Å². The summed E-state index contributed by atoms with van der Waals surface area (Å²) in [6.45, 7) is 3.63. The van der Waals surface area contributed by atoms with Crippen molar-refractivity contribution in [1.82, 2.24) is 9.97 Å². The number of imide groups is 2. The van der Waals surface area contributed by atoms with E-state index < -0.39 is 35.5 Å². The summed E-state index contributed by atoms with van der Waals surface area (Å²) >= 11 is 0. The number of phenolic OH excluding ortho intramolecular Hbond substituents is 1. The van der Waals surface area contributed by atoms with Gasteiger partial charge in [-0.1, -0.05) is 48.0 Å². The van der Waals surface area contributed by atoms with Crippen LogP contribution in [0.3, 0.4) is 0 Å². The third-order valence-corrected chi connectivity index (χ3v) is 12.9. The highest BCUT2D eigenvalue weighted by Crippen LogP contribution is 2.59. The molecule has 0 radical (unpaired) electrons. The topological polar surface area (TPSA) is 147 Å². The number of aryl methyl sites for hydroxylation is 2. The van der Waals surface area contributed by atoms with Crippen LogP contribution in [0.5, 0.6) is 5.75 Å². The van der Waals surface area contributed by atoms with Gasteiger partial charge in [0, 0.05) is 17.0 Å². The lowest BCUT2D eigenvalue weighted by atomic mass is 9.57. The van der Waals surface area contributed by atoms with Gasteiger partial charge in [0.1, 0.15) is 16.8 Å². The van der Waals surface area contributed by atoms with Crippen LogP contribution in [0.25, 0.3) is 45.1 Å². The summed E-state index contributed by atoms with van der Waals surface area (Å²) in [5, 5.41) is 10.8. The smallest absolute Gasteiger partial charge is 0.238 e. The second-order valence-corrected chi connectivity index (χ2v) is 16.1. The van der Waals surface area contributed by atoms with Crippen molar-refractivity contribution in [3.05, 3.63) is 138 Å². The number of hydrogen-bond donors (Lipinski definition) is 1. The Morgan fingerprint density at radius 2 is 1.08 bits per heavy atom. The van der Waals surface area contributed by atoms with Crippen LogP contribution in [0.15, 0.2) is 130 Å². The second-order valence-electron chi connectivity index (χ2n) is 16.1. The number of aromatic nitrogens is 2. The van der Waals surface area contributed by atoms with E-state index in [1.165, 1.54) is 9.80 Å². The lowest BCUT2D eigenvalue weighted by Crippen LogP contribution is -2.43. The minimum Gasteiger partial charge on any atom is -0.507 e. The van der Waals surface area contributed by atoms with Crippen LogP contribution >= 0.6 is 0 Å². The molecule has 11 nitrogen and oxygen atoms in total. The molecule has 11 heteroatoms. The highest BCUT2D eigenvalue weighted by Gasteiger charge is 2.62. The number of aromatic hydroxyl groups is 1. The first-order valence-corrected chi connectivity index (χ1v) is 19.8. The Labute approximate surface area is 337 Å². The number of fused-ring (bicyclic) bond motifs is 6. The summed E-state index contributed by atoms with van der Waals surface area (Å²) < 4.78 is 11.9. The van der Waals surface area contributed by atoms with Crippen LogP contribution in [0.4, 0.5) is 11.4 Å². The van der Waals surface area contributed by atoms with Crippen LogP contribution < -0.4 is 9.80 Å². The molecule has 4 aliphatic rings. The Kier molecular flexibility index (Phi) is 7.69. The first kappa shape index (κ1) is 35.1. The van der Waals surface area contributed by atoms with Gasteiger partial charge in [0.05, 0.1) is 35.0 Å². The Morgan fingerprint density at radius 3 is 1.61 bits per heavy atom. The zero-order chi connectivity index (χ0) is 40.3. The lowest BCUT2D eigenvalue weighted by molar-refractivity contribution is -0.126. The van der Waals surface area contributed by atoms with Crippen molar-refractivity contribution in [2.75, 3.05) is 9.80 Å². The first-order valence-electron chi connectivity index (χ1n) is 19.8. The fourth-order valence-electron chi connectivity index (χ4n) is 10.1. The van der Waals surface area contributed by atoms with Crippen LogP contribution in [-0.4, -0.2) is 38.7 Å². The largest absolute Gasteiger partial charge is 0.507 e. The Morgan fingerprint density at radius 1 is 0.593 bits per heavy atom. The Balaban J connectivity index is 0.937. The van der Waals surface area contributed by atoms with E-state index in [2.05, 4.69) is 9.97 Å². The van der Waals surface area contributed by atoms with Gasteiger partial charge in [-0.15, -0.1) is 0 Å². The predicted molar refractivity (Wildman–Crippen MR) is 219 cm³/mol. The summed E-state index contributed by atoms with van der Waals surface area (Å²) in [4.78, 5) is 70.0. The van der Waals surface area contributed by atoms with Gasteiger partial charge >= 0.3 is 0 Å². The maximum absolute atomic E-state index is 14.7. The zero-order valence-corrected chi connectivity index (χ0v) is 32.0. The van der Waals surface area contributed by atoms with E-state index in [4.69, 9.17) is 8.83 Å². The van der Waals surface area contributed by atoms with E-state index in [0.717, 1.165) is 22.2 Å². The van der Waals surface area contributed by atoms with E-state index in [1.807, 2.05) is 80.6 Å². The number of anilines is 2. The molecular weight excluding hydrogens is 745 g/mol. The number of carbonyl (C=O) groups is 4. The van der Waals surface area contributed by atoms with Crippen LogP contribution in [-0.2, 0) is 19.2 Å². The minimum absolute atomic E-state index is 0.166. The maximum atomic E-state index is 14.7. The zero-order valence-electron chi connectivity index (χ0n) is 32.0. The molecule has 0 bridgehead atoms. The average molecular weight is 781 g/mol. The fourth-order valence-corrected chi connectivity index (χ4v) is 10.1. The Hall–Kier alpha value is -7.14. The van der Waals surface area contributed by atoms with E-state index >= 15 is 0 Å². The molecule has 1 saturated carbocycles. The number of rotatable bonds is 5. The number of phenols is 1. The minimum atomic E-state index is -0.746. The molecule has 5 aromatic carbocycles. The molecule has 2 saturated heterocycles. The maximum Gasteiger partial charge on any atom is 0.238 e. The van der Waals surface area contributed by atoms with Crippen molar-refractivity contribution in [1.29, 1.82) is 0 Å². The average Bonchev–Trinajstić information content (AvgIpc) is 4.01. The Bertz CT molecular complexity index is 2870. The number of oxazole rings is 2. The summed E-state index contributed by atoms with van der Waals surface area (Å²) in [5.41, 5.74) is 8.04. The number of benzene rings is 5. The molecule has 3 fully saturated rings. The molecule has 2 aliphatic heterocycles. The van der Waals surface area contributed by atoms with E-state index in [0.29, 0.717) is 63.0 Å². The molecule has 6 atom stereocenters. The molecule has 2 aliphatic carbocycles. The number of allylic oxidation sites excluding steroid dienone is 2. The first-order chi connectivity index (χ1) is 28.6. The molecule has 0 spiro atoms. The van der Waals surface area contributed by atoms with Crippen LogP contribution in [0, 0.1) is 43.4 Å². The number of hydrogen-bond acceptors (Lipinski definition) is 9. The van der Waals surface area contributed by atoms with Gasteiger partial charge in [0.15, 0.2) is 11.2 Å². The van der Waals surface area contributed by atoms with Gasteiger partial charge in [-0.25, -0.2) is 9.97 Å². The van der Waals surface area contributed by atoms with Crippen molar-refractivity contribution in [2.24, 2.45) is 29.6 Å². The SMILES string of the molecule is Cc1cc(C2C3=CCC4C(=O)N(c5ccc(-c6nc7ccccc7o6)cc5)C(=O)C4C3CC3C(=O)N(c4ccc(-c5nc6ccccc6o5)cc4)C(=O)C32)cc(C)c1O. The van der Waals surface area contributed by atoms with Gasteiger partial charge in [-0.05, 0) is 122 Å². The normalized spacial score (nSPS) is 23.9. The lowest BCUT2D eigenvalue weighted by Gasteiger charge is -2.44. The number of nitrogens with zero attached hydrogens (tertiary/aromatic N) is 4. The molecule has 290 valence electrons. The summed E-state index contributed by atoms with van der Waals surface area (Å²) in [5.74, 6) is -4.06. The monoisotopic (exact) mass is 780 g/mol. The predicted octanol–water partition coefficient (Wildman–Crippen LogP) is 8.67. The van der Waals surface area contributed by atoms with Crippen molar-refractivity contribution in [3.8, 4) is 28.7 Å². The molecule has 59 heavy (non-hydrogen) atoms. The number of carbonyl (C=O) groups excluding carboxylic acids is 4. The van der Waals surface area contributed by atoms with Crippen LogP contribution in [0.1, 0.15) is 35.4 Å². The summed E-state index contributed by atoms with van der Waals surface area (Å²) in [6, 6.07) is 32.8. The standard InChI is InChI=1S/C48H36N4O7/c1-24-21-28(22-25(2)42(24)53)39-31-19-20-32-40(47(56)51(45(32)54)29-15-11-26(12-16-29)43-49-35-7-3-5-9-37(35)58-43)33(31)23-34-41(39)48(57)52(46(34)55)30-17-13-27(14-18-30)44-50-36-8-4-6-10-38(36)59-44/h3-19,21-22,32-34,39-41,53H,20,23H2,1-2H3. The van der Waals surface area contributed by atoms with E-state index in [1.54, 1.807) is 48.5 Å². The molecule has 2 aromatic heterocycles. The molecular formula is C48H36N4O7. The quantitative estimate of drug-likeness (QED) is 0.134. The highest BCUT2D eigenvalue weighted by atomic mass is 16.4. The van der Waals surface area contributed by atoms with Crippen molar-refractivity contribution >= 4 is 57.2 Å². The second kappa shape index (κ2) is 12.9. The number of para-hydroxylation sites is 4. The molecule has 4 heterocycles. The van der Waals surface area contributed by atoms with Gasteiger partial charge in [-0.2, -0.15) is 0 Å². The molecule has 4 amide bonds. The third-order valence-electron chi connectivity index (χ3n) is 12.9. The summed E-state index contributed by atoms with van der Waals surface area (Å²) in [6.07, 6.45) is 2.60. The van der Waals surface area contributed by atoms with Gasteiger partial charge < -0.3 is 13.9 Å². The number of amides is 4. The molecule has 6 unspecified atom stereocenters.